The van der Waals surface area contributed by atoms with Gasteiger partial charge >= 0.3 is 0 Å². The minimum atomic E-state index is -0.709. The minimum absolute atomic E-state index is 0.134. The summed E-state index contributed by atoms with van der Waals surface area (Å²) in [6, 6.07) is 13.7. The van der Waals surface area contributed by atoms with Gasteiger partial charge in [0, 0.05) is 112 Å². The van der Waals surface area contributed by atoms with E-state index in [4.69, 9.17) is 78.1 Å². The Bertz CT molecular complexity index is 1090. The fraction of sp³-hybridized carbons (Fsp3) is 0.500. The molecule has 3 nitrogen and oxygen atoms in total. The Labute approximate surface area is 267 Å². The van der Waals surface area contributed by atoms with Crippen LogP contribution in [0.3, 0.4) is 0 Å². The van der Waals surface area contributed by atoms with E-state index < -0.39 is 25.5 Å². The first kappa shape index (κ1) is 33.7. The van der Waals surface area contributed by atoms with E-state index in [1.165, 1.54) is 31.2 Å². The van der Waals surface area contributed by atoms with Gasteiger partial charge in [-0.2, -0.15) is 0 Å². The van der Waals surface area contributed by atoms with Gasteiger partial charge in [-0.3, -0.25) is 0 Å². The number of benzene rings is 2. The SMILES string of the molecule is [B]B([B])B(B([B])[B])B(B(B([B])[B])B([B])[B])C1CCC(C2CCC(c3ccc(Oc4ccc(N)cc4N)cc3)CC2)CC1. The number of anilines is 2. The van der Waals surface area contributed by atoms with Gasteiger partial charge < -0.3 is 16.2 Å². The standard InChI is InChI=1S/C24H31B15N2O/c25-34(26)38(35(27)28)33(39(36(29)30)37(31)32)20-9-5-18(6-10-20)16-1-3-17(4-2-16)19-7-12-22(13-8-19)42-24-14-11-21(40)15-23(24)41/h7-8,11-18,20H,1-6,9-10,40-41H2. The van der Waals surface area contributed by atoms with Crippen LogP contribution in [0.15, 0.2) is 42.5 Å². The largest absolute Gasteiger partial charge is 0.455 e. The molecule has 2 aliphatic carbocycles. The topological polar surface area (TPSA) is 61.3 Å². The summed E-state index contributed by atoms with van der Waals surface area (Å²) in [5, 5.41) is 0. The lowest BCUT2D eigenvalue weighted by Crippen LogP contribution is -2.75. The number of hydrogen-bond acceptors (Lipinski definition) is 3. The molecule has 0 atom stereocenters. The van der Waals surface area contributed by atoms with Crippen molar-refractivity contribution >= 4 is 118 Å². The molecule has 0 aliphatic heterocycles. The molecule has 2 saturated carbocycles. The maximum atomic E-state index is 6.18. The molecule has 0 saturated heterocycles. The third-order valence-corrected chi connectivity index (χ3v) is 10.1. The minimum Gasteiger partial charge on any atom is -0.455 e. The molecule has 4 rings (SSSR count). The van der Waals surface area contributed by atoms with Crippen LogP contribution in [0.25, 0.3) is 0 Å². The third-order valence-electron chi connectivity index (χ3n) is 10.1. The first-order valence-electron chi connectivity index (χ1n) is 15.4. The van der Waals surface area contributed by atoms with Crippen LogP contribution < -0.4 is 16.2 Å². The van der Waals surface area contributed by atoms with Gasteiger partial charge in [0.2, 0.25) is 0 Å². The Morgan fingerprint density at radius 3 is 1.52 bits per heavy atom. The third kappa shape index (κ3) is 8.29. The molecule has 188 valence electrons. The average Bonchev–Trinajstić information content (AvgIpc) is 2.94. The van der Waals surface area contributed by atoms with Crippen molar-refractivity contribution in [3.05, 3.63) is 48.0 Å². The van der Waals surface area contributed by atoms with E-state index in [1.54, 1.807) is 18.2 Å². The van der Waals surface area contributed by atoms with Gasteiger partial charge in [0.25, 0.3) is 0 Å². The summed E-state index contributed by atoms with van der Waals surface area (Å²) in [5.74, 6) is 3.62. The van der Waals surface area contributed by atoms with Crippen LogP contribution in [0.4, 0.5) is 11.4 Å². The number of nitrogens with two attached hydrogens (primary N) is 2. The zero-order valence-corrected chi connectivity index (χ0v) is 24.7. The van der Waals surface area contributed by atoms with E-state index in [-0.39, 0.29) is 25.1 Å². The van der Waals surface area contributed by atoms with Crippen molar-refractivity contribution < 1.29 is 4.74 Å². The average molecular weight is 526 g/mol. The highest BCUT2D eigenvalue weighted by atomic mass is 16.5. The number of rotatable bonds is 11. The molecule has 18 heteroatoms. The fourth-order valence-electron chi connectivity index (χ4n) is 7.94. The van der Waals surface area contributed by atoms with Crippen molar-refractivity contribution in [1.82, 2.24) is 0 Å². The number of ether oxygens (including phenoxy) is 1. The summed E-state index contributed by atoms with van der Waals surface area (Å²) < 4.78 is 5.97. The lowest BCUT2D eigenvalue weighted by atomic mass is 8.47. The van der Waals surface area contributed by atoms with Crippen LogP contribution in [0, 0.1) is 11.8 Å². The van der Waals surface area contributed by atoms with Crippen LogP contribution in [0.2, 0.25) is 5.82 Å². The molecule has 4 N–H and O–H groups in total. The Balaban J connectivity index is 1.32. The molecule has 0 aromatic heterocycles. The van der Waals surface area contributed by atoms with E-state index in [2.05, 4.69) is 12.1 Å². The Morgan fingerprint density at radius 2 is 1.07 bits per heavy atom. The summed E-state index contributed by atoms with van der Waals surface area (Å²) >= 11 is 0. The van der Waals surface area contributed by atoms with Gasteiger partial charge in [-0.05, 0) is 79.3 Å². The van der Waals surface area contributed by atoms with Crippen LogP contribution >= 0.6 is 0 Å². The second-order valence-corrected chi connectivity index (χ2v) is 12.8. The second kappa shape index (κ2) is 15.2. The number of nitrogen functional groups attached to an aromatic ring is 2. The highest BCUT2D eigenvalue weighted by molar-refractivity contribution is 8.08. The summed E-state index contributed by atoms with van der Waals surface area (Å²) in [6.07, 6.45) is 5.56. The fourth-order valence-corrected chi connectivity index (χ4v) is 7.94. The molecule has 16 radical (unpaired) electrons. The monoisotopic (exact) mass is 528 g/mol. The number of hydrogen-bond donors (Lipinski definition) is 2. The highest BCUT2D eigenvalue weighted by Gasteiger charge is 2.46. The van der Waals surface area contributed by atoms with E-state index in [0.717, 1.165) is 37.4 Å². The molecule has 2 aliphatic rings. The summed E-state index contributed by atoms with van der Waals surface area (Å²) in [6.45, 7) is -0.134. The summed E-state index contributed by atoms with van der Waals surface area (Å²) in [5.41, 5.74) is 14.3. The molecular formula is C24H31B15N2O. The van der Waals surface area contributed by atoms with Crippen molar-refractivity contribution in [1.29, 1.82) is 0 Å². The summed E-state index contributed by atoms with van der Waals surface area (Å²) in [7, 11) is 49.4. The van der Waals surface area contributed by atoms with Crippen LogP contribution in [-0.4, -0.2) is 107 Å². The first-order valence-corrected chi connectivity index (χ1v) is 15.4. The Morgan fingerprint density at radius 1 is 0.595 bits per heavy atom. The van der Waals surface area contributed by atoms with E-state index in [1.807, 2.05) is 12.1 Å². The maximum Gasteiger partial charge on any atom is 0.150 e. The Hall–Kier alpha value is -1.19. The lowest BCUT2D eigenvalue weighted by molar-refractivity contribution is 0.186. The zero-order valence-electron chi connectivity index (χ0n) is 24.7. The highest BCUT2D eigenvalue weighted by Crippen LogP contribution is 2.46. The molecular weight excluding hydrogens is 494 g/mol. The van der Waals surface area contributed by atoms with Gasteiger partial charge in [-0.15, -0.1) is 0 Å². The maximum absolute atomic E-state index is 6.18. The second-order valence-electron chi connectivity index (χ2n) is 12.8. The predicted octanol–water partition coefficient (Wildman–Crippen LogP) is 0.733. The molecule has 42 heavy (non-hydrogen) atoms. The van der Waals surface area contributed by atoms with E-state index in [0.29, 0.717) is 29.0 Å². The molecule has 0 spiro atoms. The van der Waals surface area contributed by atoms with Gasteiger partial charge in [0.1, 0.15) is 11.5 Å². The summed E-state index contributed by atoms with van der Waals surface area (Å²) in [4.78, 5) is 0. The lowest BCUT2D eigenvalue weighted by Gasteiger charge is -2.46. The predicted molar refractivity (Wildman–Crippen MR) is 198 cm³/mol. The van der Waals surface area contributed by atoms with E-state index >= 15 is 0 Å². The quantitative estimate of drug-likeness (QED) is 0.336. The van der Waals surface area contributed by atoms with Crippen molar-refractivity contribution in [3.8, 4) is 11.5 Å². The van der Waals surface area contributed by atoms with Crippen molar-refractivity contribution in [2.45, 2.75) is 63.1 Å². The van der Waals surface area contributed by atoms with Gasteiger partial charge in [0.05, 0.1) is 5.69 Å². The molecule has 2 aromatic rings. The molecule has 2 fully saturated rings. The van der Waals surface area contributed by atoms with E-state index in [9.17, 15) is 0 Å². The van der Waals surface area contributed by atoms with Crippen LogP contribution in [0.1, 0.15) is 62.8 Å². The van der Waals surface area contributed by atoms with Crippen LogP contribution in [0.5, 0.6) is 11.5 Å². The normalized spacial score (nSPS) is 22.0. The Kier molecular flexibility index (Phi) is 12.2. The van der Waals surface area contributed by atoms with Gasteiger partial charge in [-0.1, -0.05) is 43.6 Å². The molecule has 0 unspecified atom stereocenters. The van der Waals surface area contributed by atoms with Crippen molar-refractivity contribution in [3.63, 3.8) is 0 Å². The zero-order chi connectivity index (χ0) is 30.6. The van der Waals surface area contributed by atoms with Gasteiger partial charge in [-0.25, -0.2) is 0 Å². The van der Waals surface area contributed by atoms with Crippen molar-refractivity contribution in [2.24, 2.45) is 11.8 Å². The molecule has 0 bridgehead atoms. The molecule has 0 heterocycles. The first-order chi connectivity index (χ1) is 20.0. The smallest absolute Gasteiger partial charge is 0.150 e. The van der Waals surface area contributed by atoms with Gasteiger partial charge in [0.15, 0.2) is 0 Å². The molecule has 2 aromatic carbocycles. The molecule has 0 amide bonds. The van der Waals surface area contributed by atoms with Crippen molar-refractivity contribution in [2.75, 3.05) is 11.5 Å². The van der Waals surface area contributed by atoms with Crippen LogP contribution in [-0.2, 0) is 0 Å².